The summed E-state index contributed by atoms with van der Waals surface area (Å²) >= 11 is 0. The van der Waals surface area contributed by atoms with Gasteiger partial charge in [0.1, 0.15) is 11.5 Å². The summed E-state index contributed by atoms with van der Waals surface area (Å²) in [5.41, 5.74) is 1.32. The second-order valence-electron chi connectivity index (χ2n) is 8.11. The zero-order valence-corrected chi connectivity index (χ0v) is 17.5. The third-order valence-electron chi connectivity index (χ3n) is 5.97. The maximum absolute atomic E-state index is 13.0. The Bertz CT molecular complexity index is 888. The lowest BCUT2D eigenvalue weighted by Crippen LogP contribution is -2.47. The topological polar surface area (TPSA) is 59.1 Å². The van der Waals surface area contributed by atoms with Gasteiger partial charge in [0.15, 0.2) is 5.78 Å². The highest BCUT2D eigenvalue weighted by Crippen LogP contribution is 2.26. The Morgan fingerprint density at radius 3 is 2.03 bits per heavy atom. The number of benzene rings is 2. The van der Waals surface area contributed by atoms with Crippen LogP contribution in [0.15, 0.2) is 48.5 Å². The molecular weight excluding hydrogens is 380 g/mol. The number of carbonyl (C=O) groups is 2. The molecule has 0 saturated carbocycles. The van der Waals surface area contributed by atoms with E-state index in [0.717, 1.165) is 39.4 Å². The fourth-order valence-corrected chi connectivity index (χ4v) is 4.24. The molecule has 0 bridgehead atoms. The van der Waals surface area contributed by atoms with E-state index < -0.39 is 0 Å². The van der Waals surface area contributed by atoms with Gasteiger partial charge in [-0.2, -0.15) is 0 Å². The van der Waals surface area contributed by atoms with E-state index in [1.807, 2.05) is 29.2 Å². The van der Waals surface area contributed by atoms with Gasteiger partial charge in [0.05, 0.1) is 13.2 Å². The number of likely N-dealkylation sites (tertiary alicyclic amines) is 1. The molecule has 0 N–H and O–H groups in total. The molecule has 2 aromatic carbocycles. The van der Waals surface area contributed by atoms with Gasteiger partial charge >= 0.3 is 0 Å². The van der Waals surface area contributed by atoms with E-state index >= 15 is 0 Å². The molecule has 158 valence electrons. The van der Waals surface area contributed by atoms with Crippen LogP contribution >= 0.6 is 0 Å². The molecule has 0 aliphatic carbocycles. The van der Waals surface area contributed by atoms with E-state index in [-0.39, 0.29) is 11.7 Å². The van der Waals surface area contributed by atoms with Gasteiger partial charge < -0.3 is 14.4 Å². The fourth-order valence-electron chi connectivity index (χ4n) is 4.24. The Kier molecular flexibility index (Phi) is 6.16. The Morgan fingerprint density at radius 1 is 0.900 bits per heavy atom. The highest BCUT2D eigenvalue weighted by atomic mass is 16.5. The maximum Gasteiger partial charge on any atom is 0.253 e. The summed E-state index contributed by atoms with van der Waals surface area (Å²) in [7, 11) is 0. The minimum atomic E-state index is 0.0245. The number of hydrogen-bond donors (Lipinski definition) is 0. The lowest BCUT2D eigenvalue weighted by atomic mass is 10.0. The van der Waals surface area contributed by atoms with Crippen molar-refractivity contribution in [1.29, 1.82) is 0 Å². The van der Waals surface area contributed by atoms with Crippen LogP contribution in [0.4, 0.5) is 0 Å². The monoisotopic (exact) mass is 408 g/mol. The molecular formula is C24H28N2O4. The fraction of sp³-hybridized carbons (Fsp3) is 0.417. The predicted octanol–water partition coefficient (Wildman–Crippen LogP) is 3.47. The van der Waals surface area contributed by atoms with E-state index in [2.05, 4.69) is 11.8 Å². The Morgan fingerprint density at radius 2 is 1.47 bits per heavy atom. The van der Waals surface area contributed by atoms with Crippen LogP contribution in [0, 0.1) is 5.92 Å². The van der Waals surface area contributed by atoms with Gasteiger partial charge in [-0.05, 0) is 61.4 Å². The number of Topliss-reactive ketones (excluding diaryl/α,β-unsaturated/α-hetero) is 1. The SMILES string of the molecule is CC(=O)c1ccc(Oc2ccc(C(=O)N3CC(C)C(N4CCOCC4)C3)cc2)cc1. The molecule has 0 aromatic heterocycles. The second kappa shape index (κ2) is 8.98. The lowest BCUT2D eigenvalue weighted by molar-refractivity contribution is 0.0119. The molecule has 2 saturated heterocycles. The molecule has 2 atom stereocenters. The van der Waals surface area contributed by atoms with Crippen LogP contribution in [0.2, 0.25) is 0 Å². The molecule has 2 aromatic rings. The molecule has 0 radical (unpaired) electrons. The first-order valence-electron chi connectivity index (χ1n) is 10.5. The van der Waals surface area contributed by atoms with E-state index in [1.54, 1.807) is 24.3 Å². The summed E-state index contributed by atoms with van der Waals surface area (Å²) in [6.07, 6.45) is 0. The average Bonchev–Trinajstić information content (AvgIpc) is 3.16. The minimum Gasteiger partial charge on any atom is -0.457 e. The van der Waals surface area contributed by atoms with E-state index in [9.17, 15) is 9.59 Å². The highest BCUT2D eigenvalue weighted by Gasteiger charge is 2.36. The third-order valence-corrected chi connectivity index (χ3v) is 5.97. The summed E-state index contributed by atoms with van der Waals surface area (Å²) in [6, 6.07) is 14.7. The summed E-state index contributed by atoms with van der Waals surface area (Å²) in [6.45, 7) is 8.74. The van der Waals surface area contributed by atoms with Gasteiger partial charge in [-0.3, -0.25) is 14.5 Å². The molecule has 2 unspecified atom stereocenters. The average molecular weight is 408 g/mol. The maximum atomic E-state index is 13.0. The van der Waals surface area contributed by atoms with Gasteiger partial charge in [0.2, 0.25) is 0 Å². The van der Waals surface area contributed by atoms with Gasteiger partial charge in [0, 0.05) is 43.3 Å². The lowest BCUT2D eigenvalue weighted by Gasteiger charge is -2.33. The van der Waals surface area contributed by atoms with Crippen molar-refractivity contribution in [2.75, 3.05) is 39.4 Å². The van der Waals surface area contributed by atoms with Crippen molar-refractivity contribution in [2.24, 2.45) is 5.92 Å². The normalized spacial score (nSPS) is 22.1. The van der Waals surface area contributed by atoms with Crippen LogP contribution in [0.5, 0.6) is 11.5 Å². The Hall–Kier alpha value is -2.70. The van der Waals surface area contributed by atoms with Gasteiger partial charge in [-0.1, -0.05) is 6.92 Å². The molecule has 2 heterocycles. The molecule has 30 heavy (non-hydrogen) atoms. The zero-order valence-electron chi connectivity index (χ0n) is 17.5. The summed E-state index contributed by atoms with van der Waals surface area (Å²) < 4.78 is 11.3. The van der Waals surface area contributed by atoms with Crippen molar-refractivity contribution in [3.63, 3.8) is 0 Å². The van der Waals surface area contributed by atoms with Crippen molar-refractivity contribution < 1.29 is 19.1 Å². The number of carbonyl (C=O) groups excluding carboxylic acids is 2. The molecule has 2 aliphatic heterocycles. The van der Waals surface area contributed by atoms with Crippen LogP contribution in [0.3, 0.4) is 0 Å². The highest BCUT2D eigenvalue weighted by molar-refractivity contribution is 5.95. The molecule has 2 fully saturated rings. The third kappa shape index (κ3) is 4.55. The molecule has 0 spiro atoms. The van der Waals surface area contributed by atoms with Crippen LogP contribution in [0.25, 0.3) is 0 Å². The molecule has 1 amide bonds. The first kappa shape index (κ1) is 20.6. The van der Waals surface area contributed by atoms with Crippen molar-refractivity contribution in [2.45, 2.75) is 19.9 Å². The second-order valence-corrected chi connectivity index (χ2v) is 8.11. The van der Waals surface area contributed by atoms with Gasteiger partial charge in [0.25, 0.3) is 5.91 Å². The smallest absolute Gasteiger partial charge is 0.253 e. The van der Waals surface area contributed by atoms with Gasteiger partial charge in [-0.15, -0.1) is 0 Å². The van der Waals surface area contributed by atoms with Crippen LogP contribution in [-0.4, -0.2) is 66.9 Å². The quantitative estimate of drug-likeness (QED) is 0.709. The molecule has 6 heteroatoms. The van der Waals surface area contributed by atoms with Crippen molar-refractivity contribution >= 4 is 11.7 Å². The number of ether oxygens (including phenoxy) is 2. The first-order valence-corrected chi connectivity index (χ1v) is 10.5. The van der Waals surface area contributed by atoms with Crippen LogP contribution in [-0.2, 0) is 4.74 Å². The number of morpholine rings is 1. The number of hydrogen-bond acceptors (Lipinski definition) is 5. The van der Waals surface area contributed by atoms with E-state index in [4.69, 9.17) is 9.47 Å². The molecule has 6 nitrogen and oxygen atoms in total. The number of nitrogens with zero attached hydrogens (tertiary/aromatic N) is 2. The van der Waals surface area contributed by atoms with Crippen molar-refractivity contribution in [1.82, 2.24) is 9.80 Å². The first-order chi connectivity index (χ1) is 14.5. The van der Waals surface area contributed by atoms with Gasteiger partial charge in [-0.25, -0.2) is 0 Å². The summed E-state index contributed by atoms with van der Waals surface area (Å²) in [5.74, 6) is 1.85. The predicted molar refractivity (Wildman–Crippen MR) is 114 cm³/mol. The Balaban J connectivity index is 1.37. The summed E-state index contributed by atoms with van der Waals surface area (Å²) in [4.78, 5) is 28.8. The zero-order chi connectivity index (χ0) is 21.1. The largest absolute Gasteiger partial charge is 0.457 e. The van der Waals surface area contributed by atoms with Crippen LogP contribution in [0.1, 0.15) is 34.6 Å². The molecule has 2 aliphatic rings. The Labute approximate surface area is 177 Å². The van der Waals surface area contributed by atoms with Crippen molar-refractivity contribution in [3.8, 4) is 11.5 Å². The number of ketones is 1. The standard InChI is InChI=1S/C24H28N2O4/c1-17-15-26(16-23(17)25-11-13-29-14-12-25)24(28)20-5-9-22(10-6-20)30-21-7-3-19(4-8-21)18(2)27/h3-10,17,23H,11-16H2,1-2H3. The molecule has 4 rings (SSSR count). The van der Waals surface area contributed by atoms with E-state index in [1.165, 1.54) is 6.92 Å². The minimum absolute atomic E-state index is 0.0245. The van der Waals surface area contributed by atoms with Crippen molar-refractivity contribution in [3.05, 3.63) is 59.7 Å². The van der Waals surface area contributed by atoms with Crippen LogP contribution < -0.4 is 4.74 Å². The summed E-state index contributed by atoms with van der Waals surface area (Å²) in [5, 5.41) is 0. The van der Waals surface area contributed by atoms with E-state index in [0.29, 0.717) is 34.6 Å². The number of amides is 1. The number of rotatable bonds is 5.